The zero-order valence-corrected chi connectivity index (χ0v) is 15.9. The van der Waals surface area contributed by atoms with Gasteiger partial charge < -0.3 is 15.2 Å². The first kappa shape index (κ1) is 18.4. The predicted molar refractivity (Wildman–Crippen MR) is 112 cm³/mol. The average molecular weight is 375 g/mol. The third-order valence-corrected chi connectivity index (χ3v) is 5.54. The van der Waals surface area contributed by atoms with Crippen LogP contribution in [-0.4, -0.2) is 42.0 Å². The van der Waals surface area contributed by atoms with Crippen LogP contribution in [0.1, 0.15) is 34.7 Å². The number of carbonyl (C=O) groups is 1. The van der Waals surface area contributed by atoms with Gasteiger partial charge in [-0.15, -0.1) is 0 Å². The number of nitrogens with zero attached hydrogens (tertiary/aromatic N) is 1. The van der Waals surface area contributed by atoms with Crippen molar-refractivity contribution in [1.82, 2.24) is 15.2 Å². The molecule has 1 saturated heterocycles. The van der Waals surface area contributed by atoms with Crippen LogP contribution in [0.15, 0.2) is 65.6 Å². The number of aromatic amines is 1. The third kappa shape index (κ3) is 3.99. The quantitative estimate of drug-likeness (QED) is 0.720. The molecule has 0 aliphatic carbocycles. The zero-order chi connectivity index (χ0) is 19.3. The van der Waals surface area contributed by atoms with Gasteiger partial charge in [0, 0.05) is 36.6 Å². The second kappa shape index (κ2) is 8.40. The normalized spacial score (nSPS) is 17.5. The van der Waals surface area contributed by atoms with Crippen LogP contribution >= 0.6 is 0 Å². The summed E-state index contributed by atoms with van der Waals surface area (Å²) in [6.07, 6.45) is 3.90. The van der Waals surface area contributed by atoms with E-state index >= 15 is 0 Å². The molecule has 2 aromatic carbocycles. The number of carbonyl (C=O) groups excluding carboxylic acids is 1. The van der Waals surface area contributed by atoms with E-state index in [4.69, 9.17) is 0 Å². The Balaban J connectivity index is 1.36. The van der Waals surface area contributed by atoms with E-state index in [1.54, 1.807) is 12.1 Å². The van der Waals surface area contributed by atoms with Gasteiger partial charge in [-0.1, -0.05) is 48.5 Å². The summed E-state index contributed by atoms with van der Waals surface area (Å²) in [6.45, 7) is 3.52. The summed E-state index contributed by atoms with van der Waals surface area (Å²) in [5, 5.41) is 4.23. The summed E-state index contributed by atoms with van der Waals surface area (Å²) in [5.74, 6) is 0.415. The van der Waals surface area contributed by atoms with Gasteiger partial charge in [0.25, 0.3) is 11.5 Å². The number of piperidine rings is 1. The molecule has 144 valence electrons. The molecule has 0 radical (unpaired) electrons. The molecule has 28 heavy (non-hydrogen) atoms. The number of aromatic nitrogens is 1. The molecule has 2 N–H and O–H groups in total. The number of fused-ring (bicyclic) bond motifs is 1. The van der Waals surface area contributed by atoms with Crippen LogP contribution in [0.5, 0.6) is 0 Å². The van der Waals surface area contributed by atoms with Gasteiger partial charge in [-0.2, -0.15) is 0 Å². The standard InChI is InChI=1S/C23H25N3O2/c27-22-20-11-5-4-10-19(20)21(15-25-22)23(28)24-12-14-26-13-6-9-18(16-26)17-7-2-1-3-8-17/h1-5,7-8,10-11,15,18H,6,9,12-14,16H2,(H,24,28)(H,25,27). The van der Waals surface area contributed by atoms with Crippen molar-refractivity contribution < 1.29 is 4.79 Å². The lowest BCUT2D eigenvalue weighted by Gasteiger charge is -2.33. The molecule has 1 atom stereocenters. The van der Waals surface area contributed by atoms with E-state index in [0.717, 1.165) is 19.6 Å². The summed E-state index contributed by atoms with van der Waals surface area (Å²) >= 11 is 0. The Morgan fingerprint density at radius 1 is 1.07 bits per heavy atom. The highest BCUT2D eigenvalue weighted by atomic mass is 16.1. The van der Waals surface area contributed by atoms with E-state index in [1.165, 1.54) is 24.6 Å². The molecule has 0 spiro atoms. The van der Waals surface area contributed by atoms with Gasteiger partial charge in [0.15, 0.2) is 0 Å². The summed E-state index contributed by atoms with van der Waals surface area (Å²) in [5.41, 5.74) is 1.74. The van der Waals surface area contributed by atoms with Crippen LogP contribution in [0.3, 0.4) is 0 Å². The molecule has 1 unspecified atom stereocenters. The molecule has 5 nitrogen and oxygen atoms in total. The molecular formula is C23H25N3O2. The van der Waals surface area contributed by atoms with Gasteiger partial charge in [-0.25, -0.2) is 0 Å². The minimum atomic E-state index is -0.174. The number of benzene rings is 2. The van der Waals surface area contributed by atoms with Crippen LogP contribution in [0.2, 0.25) is 0 Å². The van der Waals surface area contributed by atoms with Crippen molar-refractivity contribution in [2.45, 2.75) is 18.8 Å². The largest absolute Gasteiger partial charge is 0.351 e. The molecule has 1 aliphatic heterocycles. The van der Waals surface area contributed by atoms with Gasteiger partial charge in [0.05, 0.1) is 5.56 Å². The van der Waals surface area contributed by atoms with Crippen LogP contribution in [0.4, 0.5) is 0 Å². The van der Waals surface area contributed by atoms with Gasteiger partial charge in [0.1, 0.15) is 0 Å². The molecule has 1 aromatic heterocycles. The Morgan fingerprint density at radius 2 is 1.82 bits per heavy atom. The molecule has 1 aliphatic rings. The second-order valence-corrected chi connectivity index (χ2v) is 7.38. The fourth-order valence-corrected chi connectivity index (χ4v) is 4.08. The summed E-state index contributed by atoms with van der Waals surface area (Å²) in [6, 6.07) is 17.9. The Morgan fingerprint density at radius 3 is 2.64 bits per heavy atom. The number of hydrogen-bond acceptors (Lipinski definition) is 3. The number of nitrogens with one attached hydrogen (secondary N) is 2. The van der Waals surface area contributed by atoms with Gasteiger partial charge in [-0.3, -0.25) is 9.59 Å². The molecule has 0 saturated carbocycles. The van der Waals surface area contributed by atoms with Gasteiger partial charge >= 0.3 is 0 Å². The lowest BCUT2D eigenvalue weighted by Crippen LogP contribution is -2.40. The maximum atomic E-state index is 12.6. The van der Waals surface area contributed by atoms with E-state index in [1.807, 2.05) is 12.1 Å². The number of H-pyrrole nitrogens is 1. The third-order valence-electron chi connectivity index (χ3n) is 5.54. The predicted octanol–water partition coefficient (Wildman–Crippen LogP) is 3.14. The molecule has 3 aromatic rings. The van der Waals surface area contributed by atoms with Crippen LogP contribution in [0, 0.1) is 0 Å². The molecule has 1 amide bonds. The summed E-state index contributed by atoms with van der Waals surface area (Å²) in [4.78, 5) is 29.7. The van der Waals surface area contributed by atoms with E-state index in [9.17, 15) is 9.59 Å². The van der Waals surface area contributed by atoms with Crippen molar-refractivity contribution >= 4 is 16.7 Å². The van der Waals surface area contributed by atoms with Crippen molar-refractivity contribution in [2.24, 2.45) is 0 Å². The first-order valence-electron chi connectivity index (χ1n) is 9.88. The Bertz CT molecular complexity index is 1010. The minimum Gasteiger partial charge on any atom is -0.351 e. The molecule has 0 bridgehead atoms. The maximum absolute atomic E-state index is 12.6. The smallest absolute Gasteiger partial charge is 0.255 e. The minimum absolute atomic E-state index is 0.149. The summed E-state index contributed by atoms with van der Waals surface area (Å²) in [7, 11) is 0. The summed E-state index contributed by atoms with van der Waals surface area (Å²) < 4.78 is 0. The van der Waals surface area contributed by atoms with Gasteiger partial charge in [0.2, 0.25) is 0 Å². The number of likely N-dealkylation sites (tertiary alicyclic amines) is 1. The van der Waals surface area contributed by atoms with Crippen LogP contribution in [0.25, 0.3) is 10.8 Å². The monoisotopic (exact) mass is 375 g/mol. The van der Waals surface area contributed by atoms with Crippen LogP contribution < -0.4 is 10.9 Å². The van der Waals surface area contributed by atoms with Crippen LogP contribution in [-0.2, 0) is 0 Å². The number of amides is 1. The van der Waals surface area contributed by atoms with E-state index in [2.05, 4.69) is 45.5 Å². The first-order chi connectivity index (χ1) is 13.7. The maximum Gasteiger partial charge on any atom is 0.255 e. The first-order valence-corrected chi connectivity index (χ1v) is 9.88. The van der Waals surface area contributed by atoms with Crippen molar-refractivity contribution in [2.75, 3.05) is 26.2 Å². The Labute approximate surface area is 164 Å². The topological polar surface area (TPSA) is 65.2 Å². The highest BCUT2D eigenvalue weighted by molar-refractivity contribution is 6.06. The average Bonchev–Trinajstić information content (AvgIpc) is 2.75. The van der Waals surface area contributed by atoms with Crippen molar-refractivity contribution in [1.29, 1.82) is 0 Å². The number of rotatable bonds is 5. The van der Waals surface area contributed by atoms with E-state index in [-0.39, 0.29) is 11.5 Å². The van der Waals surface area contributed by atoms with Crippen molar-refractivity contribution in [3.63, 3.8) is 0 Å². The fourth-order valence-electron chi connectivity index (χ4n) is 4.08. The van der Waals surface area contributed by atoms with Crippen molar-refractivity contribution in [3.05, 3.63) is 82.3 Å². The Kier molecular flexibility index (Phi) is 5.53. The fraction of sp³-hybridized carbons (Fsp3) is 0.304. The van der Waals surface area contributed by atoms with Crippen molar-refractivity contribution in [3.8, 4) is 0 Å². The molecule has 4 rings (SSSR count). The number of pyridine rings is 1. The lowest BCUT2D eigenvalue weighted by atomic mass is 9.91. The highest BCUT2D eigenvalue weighted by Crippen LogP contribution is 2.26. The van der Waals surface area contributed by atoms with E-state index < -0.39 is 0 Å². The molecule has 1 fully saturated rings. The molecular weight excluding hydrogens is 350 g/mol. The molecule has 2 heterocycles. The SMILES string of the molecule is O=C(NCCN1CCCC(c2ccccc2)C1)c1c[nH]c(=O)c2ccccc12. The van der Waals surface area contributed by atoms with E-state index in [0.29, 0.717) is 28.8 Å². The molecule has 5 heteroatoms. The zero-order valence-electron chi connectivity index (χ0n) is 15.9. The van der Waals surface area contributed by atoms with Gasteiger partial charge in [-0.05, 0) is 36.9 Å². The lowest BCUT2D eigenvalue weighted by molar-refractivity contribution is 0.0947. The Hall–Kier alpha value is -2.92. The second-order valence-electron chi connectivity index (χ2n) is 7.38. The highest BCUT2D eigenvalue weighted by Gasteiger charge is 2.21. The number of hydrogen-bond donors (Lipinski definition) is 2.